The fourth-order valence-electron chi connectivity index (χ4n) is 2.56. The first kappa shape index (κ1) is 18.1. The van der Waals surface area contributed by atoms with Crippen LogP contribution in [0.3, 0.4) is 0 Å². The second-order valence-electron chi connectivity index (χ2n) is 5.87. The molecule has 0 aliphatic carbocycles. The Morgan fingerprint density at radius 1 is 0.926 bits per heavy atom. The van der Waals surface area contributed by atoms with E-state index in [9.17, 15) is 14.4 Å². The number of carbonyl (C=O) groups is 2. The van der Waals surface area contributed by atoms with Crippen molar-refractivity contribution in [2.45, 2.75) is 13.5 Å². The molecule has 2 aromatic carbocycles. The number of carbonyl (C=O) groups excluding carboxylic acids is 2. The van der Waals surface area contributed by atoms with E-state index < -0.39 is 11.5 Å². The lowest BCUT2D eigenvalue weighted by atomic mass is 10.1. The van der Waals surface area contributed by atoms with Gasteiger partial charge in [0.2, 0.25) is 0 Å². The minimum absolute atomic E-state index is 0.0797. The molecule has 0 aliphatic heterocycles. The molecule has 1 N–H and O–H groups in total. The van der Waals surface area contributed by atoms with Gasteiger partial charge in [0.05, 0.1) is 5.69 Å². The van der Waals surface area contributed by atoms with Crippen LogP contribution in [0.4, 0.5) is 5.69 Å². The van der Waals surface area contributed by atoms with Crippen LogP contribution in [0.1, 0.15) is 33.2 Å². The number of hydrogen-bond donors (Lipinski definition) is 1. The van der Waals surface area contributed by atoms with Crippen molar-refractivity contribution >= 4 is 17.4 Å². The number of hydrogen-bond acceptors (Lipinski definition) is 4. The first-order chi connectivity index (χ1) is 13.1. The molecule has 136 valence electrons. The van der Waals surface area contributed by atoms with Gasteiger partial charge >= 0.3 is 0 Å². The Hall–Kier alpha value is -3.67. The van der Waals surface area contributed by atoms with Crippen LogP contribution in [0.25, 0.3) is 0 Å². The SMILES string of the molecule is CC(=O)c1ccccc1NC(=O)c1cccn(OCc2ccccc2)c1=O. The van der Waals surface area contributed by atoms with Gasteiger partial charge in [0, 0.05) is 11.8 Å². The van der Waals surface area contributed by atoms with Gasteiger partial charge in [-0.05, 0) is 36.8 Å². The van der Waals surface area contributed by atoms with E-state index in [0.717, 1.165) is 10.3 Å². The number of nitrogens with zero attached hydrogens (tertiary/aromatic N) is 1. The zero-order chi connectivity index (χ0) is 19.2. The smallest absolute Gasteiger partial charge is 0.295 e. The number of aromatic nitrogens is 1. The summed E-state index contributed by atoms with van der Waals surface area (Å²) in [5.41, 5.74) is 0.974. The molecule has 1 aromatic heterocycles. The molecule has 0 saturated carbocycles. The zero-order valence-electron chi connectivity index (χ0n) is 14.7. The van der Waals surface area contributed by atoms with Gasteiger partial charge in [-0.3, -0.25) is 14.4 Å². The van der Waals surface area contributed by atoms with Crippen molar-refractivity contribution in [2.75, 3.05) is 5.32 Å². The highest BCUT2D eigenvalue weighted by atomic mass is 16.7. The van der Waals surface area contributed by atoms with Crippen LogP contribution >= 0.6 is 0 Å². The van der Waals surface area contributed by atoms with E-state index in [0.29, 0.717) is 11.3 Å². The molecule has 0 radical (unpaired) electrons. The lowest BCUT2D eigenvalue weighted by Gasteiger charge is -2.11. The van der Waals surface area contributed by atoms with E-state index in [1.165, 1.54) is 19.2 Å². The van der Waals surface area contributed by atoms with Gasteiger partial charge in [-0.25, -0.2) is 0 Å². The van der Waals surface area contributed by atoms with Gasteiger partial charge in [-0.15, -0.1) is 0 Å². The predicted octanol–water partition coefficient (Wildman–Crippen LogP) is 2.93. The Morgan fingerprint density at radius 3 is 2.33 bits per heavy atom. The number of nitrogens with one attached hydrogen (secondary N) is 1. The summed E-state index contributed by atoms with van der Waals surface area (Å²) < 4.78 is 1.03. The molecule has 0 aliphatic rings. The molecule has 27 heavy (non-hydrogen) atoms. The van der Waals surface area contributed by atoms with Crippen molar-refractivity contribution in [1.82, 2.24) is 4.73 Å². The number of anilines is 1. The summed E-state index contributed by atoms with van der Waals surface area (Å²) in [7, 11) is 0. The fraction of sp³-hybridized carbons (Fsp3) is 0.0952. The van der Waals surface area contributed by atoms with Crippen LogP contribution in [0.15, 0.2) is 77.7 Å². The van der Waals surface area contributed by atoms with Crippen LogP contribution in [-0.4, -0.2) is 16.4 Å². The molecule has 0 bridgehead atoms. The fourth-order valence-corrected chi connectivity index (χ4v) is 2.56. The number of amides is 1. The molecule has 6 heteroatoms. The van der Waals surface area contributed by atoms with Crippen LogP contribution < -0.4 is 15.7 Å². The third-order valence-corrected chi connectivity index (χ3v) is 3.93. The molecule has 1 heterocycles. The average molecular weight is 362 g/mol. The van der Waals surface area contributed by atoms with E-state index in [2.05, 4.69) is 5.32 Å². The zero-order valence-corrected chi connectivity index (χ0v) is 14.7. The Labute approximate surface area is 156 Å². The van der Waals surface area contributed by atoms with Crippen LogP contribution in [-0.2, 0) is 6.61 Å². The van der Waals surface area contributed by atoms with E-state index in [4.69, 9.17) is 4.84 Å². The van der Waals surface area contributed by atoms with E-state index in [1.807, 2.05) is 30.3 Å². The number of Topliss-reactive ketones (excluding diaryl/α,β-unsaturated/α-hetero) is 1. The maximum absolute atomic E-state index is 12.6. The molecule has 0 spiro atoms. The topological polar surface area (TPSA) is 77.4 Å². The molecule has 3 aromatic rings. The van der Waals surface area contributed by atoms with E-state index in [-0.39, 0.29) is 18.0 Å². The average Bonchev–Trinajstić information content (AvgIpc) is 2.68. The van der Waals surface area contributed by atoms with Crippen molar-refractivity contribution < 1.29 is 14.4 Å². The third-order valence-electron chi connectivity index (χ3n) is 3.93. The van der Waals surface area contributed by atoms with Gasteiger partial charge in [0.25, 0.3) is 11.5 Å². The minimum atomic E-state index is -0.605. The Balaban J connectivity index is 1.80. The second kappa shape index (κ2) is 8.14. The first-order valence-electron chi connectivity index (χ1n) is 8.36. The van der Waals surface area contributed by atoms with Gasteiger partial charge < -0.3 is 10.2 Å². The largest absolute Gasteiger partial charge is 0.406 e. The van der Waals surface area contributed by atoms with Crippen molar-refractivity contribution in [1.29, 1.82) is 0 Å². The number of ketones is 1. The molecular formula is C21H18N2O4. The standard InChI is InChI=1S/C21H18N2O4/c1-15(24)17-10-5-6-12-19(17)22-20(25)18-11-7-13-23(21(18)26)27-14-16-8-3-2-4-9-16/h2-13H,14H2,1H3,(H,22,25). The first-order valence-corrected chi connectivity index (χ1v) is 8.36. The van der Waals surface area contributed by atoms with Crippen molar-refractivity contribution in [3.05, 3.63) is 100.0 Å². The van der Waals surface area contributed by atoms with Gasteiger partial charge in [-0.1, -0.05) is 42.5 Å². The molecule has 1 amide bonds. The lowest BCUT2D eigenvalue weighted by Crippen LogP contribution is -2.32. The molecule has 0 saturated heterocycles. The third kappa shape index (κ3) is 4.30. The summed E-state index contributed by atoms with van der Waals surface area (Å²) in [4.78, 5) is 42.3. The minimum Gasteiger partial charge on any atom is -0.406 e. The van der Waals surface area contributed by atoms with Gasteiger partial charge in [0.1, 0.15) is 12.2 Å². The highest BCUT2D eigenvalue weighted by Crippen LogP contribution is 2.16. The molecule has 0 fully saturated rings. The summed E-state index contributed by atoms with van der Waals surface area (Å²) in [6.07, 6.45) is 1.45. The number of pyridine rings is 1. The van der Waals surface area contributed by atoms with Gasteiger partial charge in [-0.2, -0.15) is 4.73 Å². The van der Waals surface area contributed by atoms with Crippen LogP contribution in [0, 0.1) is 0 Å². The van der Waals surface area contributed by atoms with Crippen molar-refractivity contribution in [3.8, 4) is 0 Å². The molecule has 0 unspecified atom stereocenters. The highest BCUT2D eigenvalue weighted by molar-refractivity contribution is 6.08. The summed E-state index contributed by atoms with van der Waals surface area (Å²) >= 11 is 0. The lowest BCUT2D eigenvalue weighted by molar-refractivity contribution is 0.0863. The van der Waals surface area contributed by atoms with Crippen molar-refractivity contribution in [2.24, 2.45) is 0 Å². The van der Waals surface area contributed by atoms with Crippen LogP contribution in [0.5, 0.6) is 0 Å². The quantitative estimate of drug-likeness (QED) is 0.684. The van der Waals surface area contributed by atoms with Crippen molar-refractivity contribution in [3.63, 3.8) is 0 Å². The molecular weight excluding hydrogens is 344 g/mol. The second-order valence-corrected chi connectivity index (χ2v) is 5.87. The maximum atomic E-state index is 12.6. The summed E-state index contributed by atoms with van der Waals surface area (Å²) in [6.45, 7) is 1.61. The summed E-state index contributed by atoms with van der Waals surface area (Å²) in [5, 5.41) is 2.62. The molecule has 0 atom stereocenters. The molecule has 6 nitrogen and oxygen atoms in total. The summed E-state index contributed by atoms with van der Waals surface area (Å²) in [5.74, 6) is -0.783. The Morgan fingerprint density at radius 2 is 1.59 bits per heavy atom. The highest BCUT2D eigenvalue weighted by Gasteiger charge is 2.15. The number of benzene rings is 2. The van der Waals surface area contributed by atoms with E-state index >= 15 is 0 Å². The Bertz CT molecular complexity index is 1030. The number of para-hydroxylation sites is 1. The van der Waals surface area contributed by atoms with Gasteiger partial charge in [0.15, 0.2) is 5.78 Å². The maximum Gasteiger partial charge on any atom is 0.295 e. The predicted molar refractivity (Wildman–Crippen MR) is 102 cm³/mol. The van der Waals surface area contributed by atoms with Crippen LogP contribution in [0.2, 0.25) is 0 Å². The normalized spacial score (nSPS) is 10.3. The molecule has 3 rings (SSSR count). The Kier molecular flexibility index (Phi) is 5.47. The number of rotatable bonds is 6. The van der Waals surface area contributed by atoms with E-state index in [1.54, 1.807) is 30.3 Å². The monoisotopic (exact) mass is 362 g/mol. The summed E-state index contributed by atoms with van der Waals surface area (Å²) in [6, 6.07) is 19.0.